The van der Waals surface area contributed by atoms with E-state index in [2.05, 4.69) is 5.16 Å². The average molecular weight is 327 g/mol. The van der Waals surface area contributed by atoms with E-state index in [0.29, 0.717) is 5.75 Å². The second-order valence-corrected chi connectivity index (χ2v) is 5.16. The van der Waals surface area contributed by atoms with Gasteiger partial charge in [-0.1, -0.05) is 41.6 Å². The molecule has 1 atom stereocenters. The van der Waals surface area contributed by atoms with E-state index in [4.69, 9.17) is 15.3 Å². The van der Waals surface area contributed by atoms with E-state index in [1.807, 2.05) is 60.7 Å². The summed E-state index contributed by atoms with van der Waals surface area (Å²) in [6.07, 6.45) is -0.759. The summed E-state index contributed by atoms with van der Waals surface area (Å²) in [6, 6.07) is 18.5. The average Bonchev–Trinajstić information content (AvgIpc) is 2.64. The molecule has 2 aromatic carbocycles. The van der Waals surface area contributed by atoms with Gasteiger partial charge in [0, 0.05) is 12.7 Å². The monoisotopic (exact) mass is 327 g/mol. The van der Waals surface area contributed by atoms with Crippen LogP contribution in [0.25, 0.3) is 0 Å². The van der Waals surface area contributed by atoms with E-state index in [9.17, 15) is 4.79 Å². The van der Waals surface area contributed by atoms with Gasteiger partial charge in [-0.05, 0) is 31.2 Å². The van der Waals surface area contributed by atoms with E-state index in [1.165, 1.54) is 4.90 Å². The minimum absolute atomic E-state index is 0.0828. The van der Waals surface area contributed by atoms with Gasteiger partial charge in [-0.2, -0.15) is 0 Å². The van der Waals surface area contributed by atoms with Crippen molar-refractivity contribution in [3.8, 4) is 5.75 Å². The molecule has 0 bridgehead atoms. The molecule has 6 nitrogen and oxygen atoms in total. The molecule has 1 amide bonds. The Labute approximate surface area is 141 Å². The summed E-state index contributed by atoms with van der Waals surface area (Å²) in [4.78, 5) is 19.0. The maximum atomic E-state index is 12.3. The van der Waals surface area contributed by atoms with E-state index in [1.54, 1.807) is 14.0 Å². The van der Waals surface area contributed by atoms with Crippen LogP contribution in [-0.4, -0.2) is 31.5 Å². The highest BCUT2D eigenvalue weighted by Gasteiger charge is 2.20. The Morgan fingerprint density at radius 1 is 1.12 bits per heavy atom. The van der Waals surface area contributed by atoms with Crippen LogP contribution < -0.4 is 15.4 Å². The van der Waals surface area contributed by atoms with Crippen LogP contribution in [0, 0.1) is 0 Å². The Balaban J connectivity index is 1.84. The first kappa shape index (κ1) is 17.3. The maximum Gasteiger partial charge on any atom is 0.270 e. The molecule has 0 heterocycles. The molecule has 0 spiro atoms. The number of anilines is 1. The summed E-state index contributed by atoms with van der Waals surface area (Å²) in [6.45, 7) is 1.70. The number of ether oxygens (including phenoxy) is 1. The molecule has 0 saturated carbocycles. The fourth-order valence-electron chi connectivity index (χ4n) is 1.94. The van der Waals surface area contributed by atoms with Gasteiger partial charge in [0.1, 0.15) is 12.4 Å². The summed E-state index contributed by atoms with van der Waals surface area (Å²) in [5.41, 5.74) is 6.51. The molecule has 0 aromatic heterocycles. The highest BCUT2D eigenvalue weighted by atomic mass is 16.6. The number of carbonyl (C=O) groups excluding carboxylic acids is 1. The SMILES string of the molecule is CC(O/N=C(\N)COc1ccccc1)C(=O)N(C)c1ccccc1. The molecular formula is C18H21N3O3. The topological polar surface area (TPSA) is 77.1 Å². The Morgan fingerprint density at radius 2 is 1.71 bits per heavy atom. The van der Waals surface area contributed by atoms with Crippen molar-refractivity contribution in [1.82, 2.24) is 0 Å². The summed E-state index contributed by atoms with van der Waals surface area (Å²) >= 11 is 0. The van der Waals surface area contributed by atoms with Gasteiger partial charge >= 0.3 is 0 Å². The second-order valence-electron chi connectivity index (χ2n) is 5.16. The first-order valence-corrected chi connectivity index (χ1v) is 7.56. The van der Waals surface area contributed by atoms with Crippen molar-refractivity contribution in [2.45, 2.75) is 13.0 Å². The highest BCUT2D eigenvalue weighted by molar-refractivity contribution is 5.95. The first-order chi connectivity index (χ1) is 11.6. The number of para-hydroxylation sites is 2. The molecule has 0 fully saturated rings. The van der Waals surface area contributed by atoms with Crippen molar-refractivity contribution >= 4 is 17.4 Å². The van der Waals surface area contributed by atoms with Crippen molar-refractivity contribution in [3.63, 3.8) is 0 Å². The molecule has 2 N–H and O–H groups in total. The quantitative estimate of drug-likeness (QED) is 0.481. The molecule has 2 rings (SSSR count). The number of hydrogen-bond acceptors (Lipinski definition) is 4. The molecule has 0 aliphatic heterocycles. The van der Waals surface area contributed by atoms with Gasteiger partial charge in [0.2, 0.25) is 6.10 Å². The van der Waals surface area contributed by atoms with Gasteiger partial charge < -0.3 is 20.2 Å². The lowest BCUT2D eigenvalue weighted by molar-refractivity contribution is -0.128. The number of hydrogen-bond donors (Lipinski definition) is 1. The van der Waals surface area contributed by atoms with Crippen LogP contribution in [0.5, 0.6) is 5.75 Å². The maximum absolute atomic E-state index is 12.3. The summed E-state index contributed by atoms with van der Waals surface area (Å²) in [7, 11) is 1.68. The van der Waals surface area contributed by atoms with Crippen molar-refractivity contribution in [2.75, 3.05) is 18.6 Å². The minimum atomic E-state index is -0.759. The Kier molecular flexibility index (Phi) is 6.19. The van der Waals surface area contributed by atoms with Crippen LogP contribution in [0.3, 0.4) is 0 Å². The fourth-order valence-corrected chi connectivity index (χ4v) is 1.94. The molecule has 0 aliphatic carbocycles. The van der Waals surface area contributed by atoms with Gasteiger partial charge in [0.25, 0.3) is 5.91 Å². The zero-order chi connectivity index (χ0) is 17.4. The number of nitrogens with two attached hydrogens (primary N) is 1. The molecule has 126 valence electrons. The highest BCUT2D eigenvalue weighted by Crippen LogP contribution is 2.13. The van der Waals surface area contributed by atoms with Crippen LogP contribution in [0.15, 0.2) is 65.8 Å². The van der Waals surface area contributed by atoms with Crippen molar-refractivity contribution < 1.29 is 14.4 Å². The Morgan fingerprint density at radius 3 is 2.33 bits per heavy atom. The number of benzene rings is 2. The summed E-state index contributed by atoms with van der Waals surface area (Å²) < 4.78 is 5.45. The third kappa shape index (κ3) is 5.01. The van der Waals surface area contributed by atoms with E-state index >= 15 is 0 Å². The summed E-state index contributed by atoms with van der Waals surface area (Å²) in [5.74, 6) is 0.617. The number of amides is 1. The number of oxime groups is 1. The molecule has 0 aliphatic rings. The number of carbonyl (C=O) groups is 1. The van der Waals surface area contributed by atoms with Gasteiger partial charge in [-0.25, -0.2) is 0 Å². The predicted molar refractivity (Wildman–Crippen MR) is 94.0 cm³/mol. The van der Waals surface area contributed by atoms with E-state index in [0.717, 1.165) is 5.69 Å². The molecule has 0 saturated heterocycles. The molecule has 0 radical (unpaired) electrons. The first-order valence-electron chi connectivity index (χ1n) is 7.56. The third-order valence-electron chi connectivity index (χ3n) is 3.28. The number of nitrogens with zero attached hydrogens (tertiary/aromatic N) is 2. The van der Waals surface area contributed by atoms with Crippen LogP contribution in [-0.2, 0) is 9.63 Å². The lowest BCUT2D eigenvalue weighted by Crippen LogP contribution is -2.36. The lowest BCUT2D eigenvalue weighted by Gasteiger charge is -2.20. The smallest absolute Gasteiger partial charge is 0.270 e. The van der Waals surface area contributed by atoms with Crippen molar-refractivity contribution in [3.05, 3.63) is 60.7 Å². The van der Waals surface area contributed by atoms with Gasteiger partial charge in [-0.3, -0.25) is 4.79 Å². The van der Waals surface area contributed by atoms with Gasteiger partial charge in [0.15, 0.2) is 5.84 Å². The van der Waals surface area contributed by atoms with Crippen LogP contribution in [0.4, 0.5) is 5.69 Å². The van der Waals surface area contributed by atoms with Crippen LogP contribution in [0.1, 0.15) is 6.92 Å². The molecular weight excluding hydrogens is 306 g/mol. The number of amidine groups is 1. The van der Waals surface area contributed by atoms with Crippen molar-refractivity contribution in [2.24, 2.45) is 10.9 Å². The van der Waals surface area contributed by atoms with Crippen molar-refractivity contribution in [1.29, 1.82) is 0 Å². The second kappa shape index (κ2) is 8.57. The standard InChI is InChI=1S/C18H21N3O3/c1-14(18(22)21(2)15-9-5-3-6-10-15)24-20-17(19)13-23-16-11-7-4-8-12-16/h3-12,14H,13H2,1-2H3,(H2,19,20). The minimum Gasteiger partial charge on any atom is -0.486 e. The normalized spacial score (nSPS) is 12.3. The van der Waals surface area contributed by atoms with Crippen LogP contribution >= 0.6 is 0 Å². The number of likely N-dealkylation sites (N-methyl/N-ethyl adjacent to an activating group) is 1. The fraction of sp³-hybridized carbons (Fsp3) is 0.222. The molecule has 1 unspecified atom stereocenters. The lowest BCUT2D eigenvalue weighted by atomic mass is 10.2. The number of rotatable bonds is 7. The Hall–Kier alpha value is -3.02. The van der Waals surface area contributed by atoms with E-state index < -0.39 is 6.10 Å². The summed E-state index contributed by atoms with van der Waals surface area (Å²) in [5, 5.41) is 3.76. The van der Waals surface area contributed by atoms with E-state index in [-0.39, 0.29) is 18.3 Å². The Bertz CT molecular complexity index is 674. The molecule has 24 heavy (non-hydrogen) atoms. The largest absolute Gasteiger partial charge is 0.486 e. The molecule has 6 heteroatoms. The van der Waals surface area contributed by atoms with Crippen LogP contribution in [0.2, 0.25) is 0 Å². The predicted octanol–water partition coefficient (Wildman–Crippen LogP) is 2.41. The van der Waals surface area contributed by atoms with Gasteiger partial charge in [-0.15, -0.1) is 0 Å². The zero-order valence-electron chi connectivity index (χ0n) is 13.8. The zero-order valence-corrected chi connectivity index (χ0v) is 13.8. The third-order valence-corrected chi connectivity index (χ3v) is 3.28. The molecule has 2 aromatic rings. The van der Waals surface area contributed by atoms with Gasteiger partial charge in [0.05, 0.1) is 0 Å².